The van der Waals surface area contributed by atoms with Crippen molar-refractivity contribution in [2.45, 2.75) is 25.8 Å². The first-order valence-corrected chi connectivity index (χ1v) is 6.63. The summed E-state index contributed by atoms with van der Waals surface area (Å²) in [5, 5.41) is 6.74. The van der Waals surface area contributed by atoms with E-state index in [4.69, 9.17) is 10.5 Å². The standard InChI is InChI=1S/C14H23N3O/c1-11-6-12(9-16-8-11)13(7-15)10-17-14-2-4-18-5-3-14/h6,8,10,14,16-17H,2-5,7,9,15H2,1H3/b13-10+. The minimum absolute atomic E-state index is 0.522. The van der Waals surface area contributed by atoms with Crippen LogP contribution >= 0.6 is 0 Å². The molecule has 0 aromatic carbocycles. The van der Waals surface area contributed by atoms with Gasteiger partial charge in [0.15, 0.2) is 0 Å². The van der Waals surface area contributed by atoms with Crippen LogP contribution in [0.1, 0.15) is 19.8 Å². The first kappa shape index (κ1) is 13.2. The van der Waals surface area contributed by atoms with Crippen LogP contribution in [0.25, 0.3) is 0 Å². The molecule has 2 rings (SSSR count). The maximum atomic E-state index is 5.84. The van der Waals surface area contributed by atoms with E-state index in [0.717, 1.165) is 32.6 Å². The molecule has 4 nitrogen and oxygen atoms in total. The third kappa shape index (κ3) is 3.62. The molecular formula is C14H23N3O. The lowest BCUT2D eigenvalue weighted by atomic mass is 10.0. The van der Waals surface area contributed by atoms with E-state index in [-0.39, 0.29) is 0 Å². The smallest absolute Gasteiger partial charge is 0.0485 e. The Labute approximate surface area is 109 Å². The summed E-state index contributed by atoms with van der Waals surface area (Å²) >= 11 is 0. The van der Waals surface area contributed by atoms with Crippen LogP contribution in [0, 0.1) is 0 Å². The van der Waals surface area contributed by atoms with Crippen molar-refractivity contribution in [3.8, 4) is 0 Å². The number of ether oxygens (including phenoxy) is 1. The second-order valence-corrected chi connectivity index (χ2v) is 4.87. The molecule has 4 N–H and O–H groups in total. The fourth-order valence-electron chi connectivity index (χ4n) is 2.26. The average Bonchev–Trinajstić information content (AvgIpc) is 2.41. The first-order valence-electron chi connectivity index (χ1n) is 6.63. The number of hydrogen-bond acceptors (Lipinski definition) is 4. The molecule has 0 aliphatic carbocycles. The van der Waals surface area contributed by atoms with Gasteiger partial charge in [0.25, 0.3) is 0 Å². The predicted octanol–water partition coefficient (Wildman–Crippen LogP) is 1.03. The highest BCUT2D eigenvalue weighted by molar-refractivity contribution is 5.40. The van der Waals surface area contributed by atoms with Crippen molar-refractivity contribution in [1.29, 1.82) is 0 Å². The summed E-state index contributed by atoms with van der Waals surface area (Å²) in [6.07, 6.45) is 8.46. The number of nitrogens with one attached hydrogen (secondary N) is 2. The van der Waals surface area contributed by atoms with E-state index in [9.17, 15) is 0 Å². The Bertz CT molecular complexity index is 365. The highest BCUT2D eigenvalue weighted by Gasteiger charge is 2.12. The molecule has 0 amide bonds. The van der Waals surface area contributed by atoms with Gasteiger partial charge in [-0.1, -0.05) is 6.08 Å². The molecule has 18 heavy (non-hydrogen) atoms. The minimum Gasteiger partial charge on any atom is -0.388 e. The Hall–Kier alpha value is -1.26. The summed E-state index contributed by atoms with van der Waals surface area (Å²) in [5.74, 6) is 0. The number of hydrogen-bond donors (Lipinski definition) is 3. The van der Waals surface area contributed by atoms with Crippen molar-refractivity contribution >= 4 is 0 Å². The van der Waals surface area contributed by atoms with Crippen molar-refractivity contribution in [2.75, 3.05) is 26.3 Å². The SMILES string of the molecule is CC1=CNCC(/C(=C/NC2CCOCC2)CN)=C1. The third-order valence-corrected chi connectivity index (χ3v) is 3.37. The van der Waals surface area contributed by atoms with E-state index < -0.39 is 0 Å². The number of nitrogens with two attached hydrogens (primary N) is 1. The van der Waals surface area contributed by atoms with Crippen LogP contribution in [-0.2, 0) is 4.74 Å². The lowest BCUT2D eigenvalue weighted by molar-refractivity contribution is 0.0811. The molecule has 0 atom stereocenters. The van der Waals surface area contributed by atoms with E-state index in [1.54, 1.807) is 0 Å². The predicted molar refractivity (Wildman–Crippen MR) is 74.0 cm³/mol. The van der Waals surface area contributed by atoms with Gasteiger partial charge in [-0.3, -0.25) is 0 Å². The van der Waals surface area contributed by atoms with Crippen LogP contribution in [0.5, 0.6) is 0 Å². The van der Waals surface area contributed by atoms with Crippen LogP contribution in [0.2, 0.25) is 0 Å². The van der Waals surface area contributed by atoms with E-state index in [2.05, 4.69) is 29.8 Å². The molecule has 2 heterocycles. The highest BCUT2D eigenvalue weighted by atomic mass is 16.5. The van der Waals surface area contributed by atoms with Gasteiger partial charge in [-0.05, 0) is 42.7 Å². The lowest BCUT2D eigenvalue weighted by Gasteiger charge is -2.23. The molecule has 0 aromatic rings. The number of dihydropyridines is 1. The van der Waals surface area contributed by atoms with Gasteiger partial charge in [0, 0.05) is 38.5 Å². The van der Waals surface area contributed by atoms with Crippen LogP contribution in [0.3, 0.4) is 0 Å². The summed E-state index contributed by atoms with van der Waals surface area (Å²) in [7, 11) is 0. The largest absolute Gasteiger partial charge is 0.388 e. The normalized spacial score (nSPS) is 22.0. The van der Waals surface area contributed by atoms with Gasteiger partial charge >= 0.3 is 0 Å². The summed E-state index contributed by atoms with van der Waals surface area (Å²) in [4.78, 5) is 0. The molecule has 100 valence electrons. The molecule has 0 bridgehead atoms. The zero-order valence-corrected chi connectivity index (χ0v) is 11.0. The van der Waals surface area contributed by atoms with Gasteiger partial charge in [0.2, 0.25) is 0 Å². The topological polar surface area (TPSA) is 59.3 Å². The first-order chi connectivity index (χ1) is 8.79. The zero-order valence-electron chi connectivity index (χ0n) is 11.0. The molecule has 1 saturated heterocycles. The Morgan fingerprint density at radius 2 is 2.33 bits per heavy atom. The van der Waals surface area contributed by atoms with Crippen molar-refractivity contribution in [1.82, 2.24) is 10.6 Å². The second-order valence-electron chi connectivity index (χ2n) is 4.87. The molecule has 0 spiro atoms. The van der Waals surface area contributed by atoms with Gasteiger partial charge in [-0.15, -0.1) is 0 Å². The van der Waals surface area contributed by atoms with Crippen LogP contribution in [0.4, 0.5) is 0 Å². The maximum absolute atomic E-state index is 5.84. The van der Waals surface area contributed by atoms with Crippen molar-refractivity contribution in [2.24, 2.45) is 5.73 Å². The molecular weight excluding hydrogens is 226 g/mol. The molecule has 0 unspecified atom stereocenters. The summed E-state index contributed by atoms with van der Waals surface area (Å²) in [6, 6.07) is 0.522. The van der Waals surface area contributed by atoms with Gasteiger partial charge in [-0.2, -0.15) is 0 Å². The maximum Gasteiger partial charge on any atom is 0.0485 e. The fourth-order valence-corrected chi connectivity index (χ4v) is 2.26. The monoisotopic (exact) mass is 249 g/mol. The minimum atomic E-state index is 0.522. The van der Waals surface area contributed by atoms with Gasteiger partial charge in [0.1, 0.15) is 0 Å². The Kier molecular flexibility index (Phi) is 4.84. The molecule has 4 heteroatoms. The van der Waals surface area contributed by atoms with Gasteiger partial charge in [0.05, 0.1) is 0 Å². The zero-order chi connectivity index (χ0) is 12.8. The molecule has 1 fully saturated rings. The fraction of sp³-hybridized carbons (Fsp3) is 0.571. The quantitative estimate of drug-likeness (QED) is 0.696. The Morgan fingerprint density at radius 3 is 3.00 bits per heavy atom. The molecule has 0 radical (unpaired) electrons. The third-order valence-electron chi connectivity index (χ3n) is 3.37. The van der Waals surface area contributed by atoms with E-state index in [0.29, 0.717) is 12.6 Å². The molecule has 0 saturated carbocycles. The summed E-state index contributed by atoms with van der Waals surface area (Å²) in [6.45, 7) is 5.23. The summed E-state index contributed by atoms with van der Waals surface area (Å²) in [5.41, 5.74) is 9.54. The van der Waals surface area contributed by atoms with Gasteiger partial charge in [-0.25, -0.2) is 0 Å². The molecule has 2 aliphatic heterocycles. The lowest BCUT2D eigenvalue weighted by Crippen LogP contribution is -2.32. The number of allylic oxidation sites excluding steroid dienone is 2. The van der Waals surface area contributed by atoms with Crippen molar-refractivity contribution in [3.63, 3.8) is 0 Å². The van der Waals surface area contributed by atoms with E-state index >= 15 is 0 Å². The highest BCUT2D eigenvalue weighted by Crippen LogP contribution is 2.14. The van der Waals surface area contributed by atoms with Crippen molar-refractivity contribution < 1.29 is 4.74 Å². The Morgan fingerprint density at radius 1 is 1.56 bits per heavy atom. The molecule has 0 aromatic heterocycles. The van der Waals surface area contributed by atoms with E-state index in [1.807, 2.05) is 6.20 Å². The second kappa shape index (κ2) is 6.61. The van der Waals surface area contributed by atoms with Crippen LogP contribution in [0.15, 0.2) is 35.2 Å². The molecule has 2 aliphatic rings. The van der Waals surface area contributed by atoms with E-state index in [1.165, 1.54) is 16.7 Å². The van der Waals surface area contributed by atoms with Gasteiger partial charge < -0.3 is 21.1 Å². The average molecular weight is 249 g/mol. The van der Waals surface area contributed by atoms with Crippen molar-refractivity contribution in [3.05, 3.63) is 35.2 Å². The van der Waals surface area contributed by atoms with Crippen LogP contribution in [-0.4, -0.2) is 32.3 Å². The summed E-state index contributed by atoms with van der Waals surface area (Å²) < 4.78 is 5.35. The number of rotatable bonds is 4. The van der Waals surface area contributed by atoms with Crippen LogP contribution < -0.4 is 16.4 Å². The Balaban J connectivity index is 1.96.